The van der Waals surface area contributed by atoms with Crippen LogP contribution in [0.4, 0.5) is 0 Å². The van der Waals surface area contributed by atoms with Crippen LogP contribution in [0, 0.1) is 0 Å². The molecule has 86 valence electrons. The molecular formula is H7KO11S2. The zero-order valence-corrected chi connectivity index (χ0v) is 11.3. The maximum Gasteiger partial charge on any atom is 1.00 e. The second-order valence-electron chi connectivity index (χ2n) is 0.977. The standard InChI is InChI=1S/K.2H2O4S.H2O3.H/c;2*1-5(2,3)4;1-3-2;/h;2*(H2,1,2,3,4);1-2H;/q+1;;;;-1. The van der Waals surface area contributed by atoms with E-state index in [1.54, 1.807) is 0 Å². The van der Waals surface area contributed by atoms with E-state index in [4.69, 9.17) is 45.6 Å². The summed E-state index contributed by atoms with van der Waals surface area (Å²) in [6.45, 7) is 0. The van der Waals surface area contributed by atoms with Crippen LogP contribution in [0.25, 0.3) is 0 Å². The van der Waals surface area contributed by atoms with E-state index in [1.807, 2.05) is 0 Å². The molecule has 0 spiro atoms. The van der Waals surface area contributed by atoms with Gasteiger partial charge in [0.15, 0.2) is 0 Å². The zero-order valence-electron chi connectivity index (χ0n) is 7.54. The smallest absolute Gasteiger partial charge is 1.00 e. The molecule has 14 heteroatoms. The van der Waals surface area contributed by atoms with Crippen LogP contribution in [0.15, 0.2) is 0 Å². The Morgan fingerprint density at radius 1 is 0.786 bits per heavy atom. The molecule has 0 fully saturated rings. The normalized spacial score (nSPS) is 9.57. The van der Waals surface area contributed by atoms with Crippen LogP contribution in [0.1, 0.15) is 1.43 Å². The van der Waals surface area contributed by atoms with Crippen molar-refractivity contribution in [1.29, 1.82) is 0 Å². The average Bonchev–Trinajstić information content (AvgIpc) is 1.52. The van der Waals surface area contributed by atoms with E-state index in [1.165, 1.54) is 0 Å². The van der Waals surface area contributed by atoms with Gasteiger partial charge in [-0.05, 0) is 0 Å². The number of rotatable bonds is 0. The molecule has 0 aromatic carbocycles. The fourth-order valence-electron chi connectivity index (χ4n) is 0. The molecule has 11 nitrogen and oxygen atoms in total. The zero-order chi connectivity index (χ0) is 11.7. The van der Waals surface area contributed by atoms with Gasteiger partial charge in [0.05, 0.1) is 0 Å². The van der Waals surface area contributed by atoms with E-state index < -0.39 is 20.8 Å². The Balaban J connectivity index is -0.0000000322. The van der Waals surface area contributed by atoms with Gasteiger partial charge in [-0.15, -0.1) is 0 Å². The molecule has 0 atom stereocenters. The maximum absolute atomic E-state index is 8.74. The van der Waals surface area contributed by atoms with E-state index in [2.05, 4.69) is 5.04 Å². The van der Waals surface area contributed by atoms with Crippen molar-refractivity contribution in [2.75, 3.05) is 0 Å². The SMILES string of the molecule is O=S(=O)(O)O.O=S(=O)(O)O.OOO.[H-].[K+]. The Bertz CT molecular complexity index is 228. The summed E-state index contributed by atoms with van der Waals surface area (Å²) in [5, 5.41) is 15.5. The van der Waals surface area contributed by atoms with Gasteiger partial charge in [-0.25, -0.2) is 10.5 Å². The molecule has 0 aliphatic rings. The molecule has 0 rings (SSSR count). The Morgan fingerprint density at radius 3 is 0.786 bits per heavy atom. The van der Waals surface area contributed by atoms with Crippen molar-refractivity contribution >= 4 is 20.8 Å². The summed E-state index contributed by atoms with van der Waals surface area (Å²) in [7, 11) is -9.33. The third kappa shape index (κ3) is 1260. The molecule has 0 bridgehead atoms. The molecule has 0 radical (unpaired) electrons. The molecule has 14 heavy (non-hydrogen) atoms. The van der Waals surface area contributed by atoms with Crippen molar-refractivity contribution in [1.82, 2.24) is 0 Å². The van der Waals surface area contributed by atoms with Crippen LogP contribution in [0.3, 0.4) is 0 Å². The van der Waals surface area contributed by atoms with Crippen molar-refractivity contribution in [2.45, 2.75) is 0 Å². The largest absolute Gasteiger partial charge is 1.00 e. The predicted molar refractivity (Wildman–Crippen MR) is 35.8 cm³/mol. The van der Waals surface area contributed by atoms with Gasteiger partial charge in [-0.2, -0.15) is 16.8 Å². The van der Waals surface area contributed by atoms with Gasteiger partial charge in [0.2, 0.25) is 0 Å². The molecule has 6 N–H and O–H groups in total. The summed E-state index contributed by atoms with van der Waals surface area (Å²) in [5.74, 6) is 0. The molecule has 0 heterocycles. The van der Waals surface area contributed by atoms with Crippen molar-refractivity contribution in [3.05, 3.63) is 0 Å². The molecular weight excluding hydrogens is 279 g/mol. The topological polar surface area (TPSA) is 199 Å². The van der Waals surface area contributed by atoms with Gasteiger partial charge in [-0.3, -0.25) is 18.2 Å². The Morgan fingerprint density at radius 2 is 0.786 bits per heavy atom. The Labute approximate surface area is 123 Å². The third-order valence-electron chi connectivity index (χ3n) is 0. The van der Waals surface area contributed by atoms with Crippen LogP contribution in [-0.4, -0.2) is 45.6 Å². The van der Waals surface area contributed by atoms with Crippen molar-refractivity contribution in [3.63, 3.8) is 0 Å². The van der Waals surface area contributed by atoms with E-state index in [-0.39, 0.29) is 52.8 Å². The summed E-state index contributed by atoms with van der Waals surface area (Å²) in [5.41, 5.74) is 0. The number of hydrogen-bond donors (Lipinski definition) is 6. The fraction of sp³-hybridized carbons (Fsp3) is 0. The third-order valence-corrected chi connectivity index (χ3v) is 0. The summed E-state index contributed by atoms with van der Waals surface area (Å²) in [6, 6.07) is 0. The first-order valence-electron chi connectivity index (χ1n) is 1.76. The van der Waals surface area contributed by atoms with Crippen LogP contribution in [0.2, 0.25) is 0 Å². The summed E-state index contributed by atoms with van der Waals surface area (Å²) in [4.78, 5) is 0. The minimum absolute atomic E-state index is 0. The van der Waals surface area contributed by atoms with E-state index in [9.17, 15) is 0 Å². The van der Waals surface area contributed by atoms with Gasteiger partial charge >= 0.3 is 72.2 Å². The average molecular weight is 286 g/mol. The first-order chi connectivity index (χ1) is 5.41. The molecule has 0 aromatic heterocycles. The monoisotopic (exact) mass is 286 g/mol. The second kappa shape index (κ2) is 12.3. The molecule has 0 unspecified atom stereocenters. The number of hydrogen-bond acceptors (Lipinski definition) is 7. The molecule has 0 aliphatic heterocycles. The Hall–Kier alpha value is 1.26. The van der Waals surface area contributed by atoms with Crippen molar-refractivity contribution in [3.8, 4) is 0 Å². The second-order valence-corrected chi connectivity index (χ2v) is 2.77. The summed E-state index contributed by atoms with van der Waals surface area (Å²) >= 11 is 0. The van der Waals surface area contributed by atoms with Crippen LogP contribution in [-0.2, 0) is 25.8 Å². The van der Waals surface area contributed by atoms with Gasteiger partial charge in [0.25, 0.3) is 0 Å². The summed E-state index contributed by atoms with van der Waals surface area (Å²) < 4.78 is 63.2. The minimum atomic E-state index is -4.67. The quantitative estimate of drug-likeness (QED) is 0.109. The molecule has 0 saturated carbocycles. The van der Waals surface area contributed by atoms with Gasteiger partial charge in [0.1, 0.15) is 0 Å². The maximum atomic E-state index is 8.74. The molecule has 0 amide bonds. The van der Waals surface area contributed by atoms with E-state index >= 15 is 0 Å². The molecule has 0 aliphatic carbocycles. The van der Waals surface area contributed by atoms with Gasteiger partial charge in [0, 0.05) is 0 Å². The van der Waals surface area contributed by atoms with E-state index in [0.717, 1.165) is 0 Å². The van der Waals surface area contributed by atoms with Crippen LogP contribution >= 0.6 is 0 Å². The van der Waals surface area contributed by atoms with Crippen molar-refractivity contribution < 1.29 is 103 Å². The van der Waals surface area contributed by atoms with Crippen LogP contribution < -0.4 is 51.4 Å². The fourth-order valence-corrected chi connectivity index (χ4v) is 0. The first-order valence-corrected chi connectivity index (χ1v) is 4.56. The Kier molecular flexibility index (Phi) is 21.5. The molecule has 0 aromatic rings. The predicted octanol–water partition coefficient (Wildman–Crippen LogP) is -4.24. The van der Waals surface area contributed by atoms with Gasteiger partial charge < -0.3 is 1.43 Å². The van der Waals surface area contributed by atoms with Gasteiger partial charge in [-0.1, -0.05) is 5.04 Å². The van der Waals surface area contributed by atoms with Crippen molar-refractivity contribution in [2.24, 2.45) is 0 Å². The molecule has 0 saturated heterocycles. The van der Waals surface area contributed by atoms with E-state index in [0.29, 0.717) is 0 Å². The van der Waals surface area contributed by atoms with Crippen LogP contribution in [0.5, 0.6) is 0 Å². The first kappa shape index (κ1) is 24.5. The minimum Gasteiger partial charge on any atom is -1.00 e. The summed E-state index contributed by atoms with van der Waals surface area (Å²) in [6.07, 6.45) is 0.